The molecule has 2 atom stereocenters. The van der Waals surface area contributed by atoms with E-state index >= 15 is 0 Å². The second kappa shape index (κ2) is 11.6. The van der Waals surface area contributed by atoms with Crippen molar-refractivity contribution in [1.82, 2.24) is 25.0 Å². The number of benzene rings is 2. The van der Waals surface area contributed by atoms with E-state index in [1.807, 2.05) is 37.6 Å². The van der Waals surface area contributed by atoms with Crippen LogP contribution in [0.5, 0.6) is 0 Å². The maximum Gasteiger partial charge on any atom is 0.118 e. The summed E-state index contributed by atoms with van der Waals surface area (Å²) < 4.78 is 13.1. The highest BCUT2D eigenvalue weighted by molar-refractivity contribution is 5.88. The van der Waals surface area contributed by atoms with Gasteiger partial charge in [-0.1, -0.05) is 48.5 Å². The zero-order valence-corrected chi connectivity index (χ0v) is 20.9. The van der Waals surface area contributed by atoms with Gasteiger partial charge in [0.15, 0.2) is 0 Å². The fourth-order valence-corrected chi connectivity index (χ4v) is 4.89. The van der Waals surface area contributed by atoms with Gasteiger partial charge in [0.25, 0.3) is 0 Å². The Bertz CT molecular complexity index is 1260. The van der Waals surface area contributed by atoms with Crippen LogP contribution in [0, 0.1) is 0 Å². The highest BCUT2D eigenvalue weighted by atomic mass is 16.5. The van der Waals surface area contributed by atoms with Gasteiger partial charge >= 0.3 is 0 Å². The molecular weight excluding hydrogens is 452 g/mol. The third-order valence-electron chi connectivity index (χ3n) is 6.75. The van der Waals surface area contributed by atoms with E-state index in [9.17, 15) is 0 Å². The molecule has 0 aliphatic carbocycles. The topological polar surface area (TPSA) is 76.5 Å². The van der Waals surface area contributed by atoms with Crippen molar-refractivity contribution in [3.8, 4) is 11.3 Å². The summed E-state index contributed by atoms with van der Waals surface area (Å²) in [6.45, 7) is 4.50. The SMILES string of the molecule is COCCN1C[C@@H](NCOCNc2cc3ccccc3nc2-c2cnn(C)c2)[C@H](c2ccccc2)C1. The molecule has 8 heteroatoms. The molecule has 0 saturated carbocycles. The molecule has 188 valence electrons. The monoisotopic (exact) mass is 486 g/mol. The van der Waals surface area contributed by atoms with Gasteiger partial charge in [0, 0.05) is 62.9 Å². The van der Waals surface area contributed by atoms with Gasteiger partial charge in [0.2, 0.25) is 0 Å². The van der Waals surface area contributed by atoms with Gasteiger partial charge in [0.1, 0.15) is 6.73 Å². The zero-order valence-electron chi connectivity index (χ0n) is 20.9. The summed E-state index contributed by atoms with van der Waals surface area (Å²) in [7, 11) is 3.67. The number of aromatic nitrogens is 3. The van der Waals surface area contributed by atoms with Crippen LogP contribution in [-0.2, 0) is 16.5 Å². The molecule has 1 saturated heterocycles. The van der Waals surface area contributed by atoms with E-state index in [4.69, 9.17) is 14.5 Å². The number of hydrogen-bond acceptors (Lipinski definition) is 7. The Morgan fingerprint density at radius 3 is 2.67 bits per heavy atom. The number of para-hydroxylation sites is 1. The summed E-state index contributed by atoms with van der Waals surface area (Å²) in [6, 6.07) is 21.3. The van der Waals surface area contributed by atoms with Crippen LogP contribution in [0.3, 0.4) is 0 Å². The number of aryl methyl sites for hydroxylation is 1. The number of pyridine rings is 1. The van der Waals surface area contributed by atoms with E-state index in [1.54, 1.807) is 11.8 Å². The van der Waals surface area contributed by atoms with Crippen LogP contribution >= 0.6 is 0 Å². The van der Waals surface area contributed by atoms with E-state index in [1.165, 1.54) is 5.56 Å². The third-order valence-corrected chi connectivity index (χ3v) is 6.75. The molecule has 0 spiro atoms. The molecule has 0 amide bonds. The molecule has 3 heterocycles. The Hall–Kier alpha value is -3.30. The van der Waals surface area contributed by atoms with Crippen molar-refractivity contribution in [3.05, 3.63) is 78.6 Å². The average molecular weight is 487 g/mol. The molecule has 1 aliphatic rings. The van der Waals surface area contributed by atoms with Gasteiger partial charge < -0.3 is 14.8 Å². The number of nitrogens with zero attached hydrogens (tertiary/aromatic N) is 4. The van der Waals surface area contributed by atoms with Crippen molar-refractivity contribution in [2.75, 3.05) is 52.1 Å². The van der Waals surface area contributed by atoms with E-state index in [2.05, 4.69) is 63.1 Å². The van der Waals surface area contributed by atoms with Gasteiger partial charge in [-0.05, 0) is 17.7 Å². The van der Waals surface area contributed by atoms with E-state index in [0.29, 0.717) is 25.4 Å². The Kier molecular flexibility index (Phi) is 7.88. The number of methoxy groups -OCH3 is 1. The van der Waals surface area contributed by atoms with Gasteiger partial charge in [-0.2, -0.15) is 5.10 Å². The van der Waals surface area contributed by atoms with Crippen molar-refractivity contribution < 1.29 is 9.47 Å². The Labute approximate surface area is 212 Å². The Morgan fingerprint density at radius 1 is 1.03 bits per heavy atom. The maximum atomic E-state index is 5.99. The number of anilines is 1. The minimum atomic E-state index is 0.317. The van der Waals surface area contributed by atoms with Crippen molar-refractivity contribution in [3.63, 3.8) is 0 Å². The largest absolute Gasteiger partial charge is 0.383 e. The molecule has 2 aromatic heterocycles. The van der Waals surface area contributed by atoms with Gasteiger partial charge in [-0.15, -0.1) is 0 Å². The van der Waals surface area contributed by atoms with Gasteiger partial charge in [-0.25, -0.2) is 4.98 Å². The van der Waals surface area contributed by atoms with E-state index in [-0.39, 0.29) is 0 Å². The highest BCUT2D eigenvalue weighted by Gasteiger charge is 2.33. The lowest BCUT2D eigenvalue weighted by Gasteiger charge is -2.20. The standard InChI is InChI=1S/C28H34N6O2/c1-33-16-23(15-31-33)28-26(14-22-10-6-7-11-25(22)32-28)29-19-36-20-30-27-18-34(12-13-35-2)17-24(27)21-8-4-3-5-9-21/h3-11,14-16,24,27,29-30H,12-13,17-20H2,1-2H3/t24-,27+/m0/s1. The van der Waals surface area contributed by atoms with Gasteiger partial charge in [-0.3, -0.25) is 14.9 Å². The summed E-state index contributed by atoms with van der Waals surface area (Å²) in [5.41, 5.74) is 5.08. The van der Waals surface area contributed by atoms with Crippen LogP contribution in [-0.4, -0.2) is 72.5 Å². The molecule has 5 rings (SSSR count). The van der Waals surface area contributed by atoms with Crippen molar-refractivity contribution in [2.24, 2.45) is 7.05 Å². The molecular formula is C28H34N6O2. The Morgan fingerprint density at radius 2 is 1.86 bits per heavy atom. The molecule has 36 heavy (non-hydrogen) atoms. The molecule has 0 unspecified atom stereocenters. The zero-order chi connectivity index (χ0) is 24.7. The number of ether oxygens (including phenoxy) is 2. The number of rotatable bonds is 11. The van der Waals surface area contributed by atoms with Crippen LogP contribution in [0.25, 0.3) is 22.2 Å². The number of fused-ring (bicyclic) bond motifs is 1. The third kappa shape index (κ3) is 5.74. The predicted molar refractivity (Wildman–Crippen MR) is 143 cm³/mol. The molecule has 0 radical (unpaired) electrons. The lowest BCUT2D eigenvalue weighted by Crippen LogP contribution is -2.37. The van der Waals surface area contributed by atoms with Crippen LogP contribution in [0.4, 0.5) is 5.69 Å². The first-order valence-electron chi connectivity index (χ1n) is 12.4. The second-order valence-corrected chi connectivity index (χ2v) is 9.23. The Balaban J connectivity index is 1.21. The summed E-state index contributed by atoms with van der Waals surface area (Å²) >= 11 is 0. The first kappa shape index (κ1) is 24.4. The van der Waals surface area contributed by atoms with E-state index < -0.39 is 0 Å². The van der Waals surface area contributed by atoms with Crippen LogP contribution in [0.2, 0.25) is 0 Å². The second-order valence-electron chi connectivity index (χ2n) is 9.23. The number of hydrogen-bond donors (Lipinski definition) is 2. The smallest absolute Gasteiger partial charge is 0.118 e. The first-order chi connectivity index (χ1) is 17.7. The summed E-state index contributed by atoms with van der Waals surface area (Å²) in [6.07, 6.45) is 3.81. The van der Waals surface area contributed by atoms with Gasteiger partial charge in [0.05, 0.1) is 36.4 Å². The van der Waals surface area contributed by atoms with Crippen LogP contribution in [0.1, 0.15) is 11.5 Å². The number of likely N-dealkylation sites (tertiary alicyclic amines) is 1. The quantitative estimate of drug-likeness (QED) is 0.247. The lowest BCUT2D eigenvalue weighted by molar-refractivity contribution is 0.121. The average Bonchev–Trinajstić information content (AvgIpc) is 3.53. The summed E-state index contributed by atoms with van der Waals surface area (Å²) in [5, 5.41) is 12.5. The molecule has 8 nitrogen and oxygen atoms in total. The number of nitrogens with one attached hydrogen (secondary N) is 2. The summed E-state index contributed by atoms with van der Waals surface area (Å²) in [5.74, 6) is 0.418. The minimum Gasteiger partial charge on any atom is -0.383 e. The normalized spacial score (nSPS) is 18.2. The molecule has 4 aromatic rings. The van der Waals surface area contributed by atoms with Crippen LogP contribution in [0.15, 0.2) is 73.1 Å². The van der Waals surface area contributed by atoms with E-state index in [0.717, 1.165) is 54.1 Å². The molecule has 2 aromatic carbocycles. The fourth-order valence-electron chi connectivity index (χ4n) is 4.89. The first-order valence-corrected chi connectivity index (χ1v) is 12.4. The molecule has 0 bridgehead atoms. The summed E-state index contributed by atoms with van der Waals surface area (Å²) in [4.78, 5) is 7.35. The molecule has 1 aliphatic heterocycles. The highest BCUT2D eigenvalue weighted by Crippen LogP contribution is 2.30. The van der Waals surface area contributed by atoms with Crippen LogP contribution < -0.4 is 10.6 Å². The van der Waals surface area contributed by atoms with Crippen molar-refractivity contribution in [1.29, 1.82) is 0 Å². The fraction of sp³-hybridized carbons (Fsp3) is 0.357. The molecule has 2 N–H and O–H groups in total. The molecule has 1 fully saturated rings. The van der Waals surface area contributed by atoms with Crippen molar-refractivity contribution >= 4 is 16.6 Å². The predicted octanol–water partition coefficient (Wildman–Crippen LogP) is 3.68. The maximum absolute atomic E-state index is 5.99. The lowest BCUT2D eigenvalue weighted by atomic mass is 9.94. The minimum absolute atomic E-state index is 0.317. The van der Waals surface area contributed by atoms with Crippen molar-refractivity contribution in [2.45, 2.75) is 12.0 Å².